The van der Waals surface area contributed by atoms with Gasteiger partial charge in [0.05, 0.1) is 30.8 Å². The standard InChI is InChI=1S/C20H25BrN4O5S/c1-30-20(27)24-15(9-11-31(2,28)29)19(26)25-10-3-4-17(25)18-22-12-16(23-18)13-5-7-14(21)8-6-13/h5-8,12,15,17H,3-4,9-11H2,1-2H3,(H,22,23)(H,24,27)/t15-,17-/m0/s1. The number of sulfone groups is 1. The van der Waals surface area contributed by atoms with Gasteiger partial charge < -0.3 is 19.9 Å². The summed E-state index contributed by atoms with van der Waals surface area (Å²) in [7, 11) is -2.11. The van der Waals surface area contributed by atoms with Crippen LogP contribution in [0.4, 0.5) is 4.79 Å². The number of nitrogens with zero attached hydrogens (tertiary/aromatic N) is 2. The van der Waals surface area contributed by atoms with E-state index in [4.69, 9.17) is 0 Å². The van der Waals surface area contributed by atoms with Crippen LogP contribution in [0.15, 0.2) is 34.9 Å². The van der Waals surface area contributed by atoms with Crippen molar-refractivity contribution in [1.82, 2.24) is 20.2 Å². The van der Waals surface area contributed by atoms with Crippen LogP contribution < -0.4 is 5.32 Å². The molecular formula is C20H25BrN4O5S. The Bertz CT molecular complexity index is 1040. The summed E-state index contributed by atoms with van der Waals surface area (Å²) in [6, 6.07) is 6.51. The van der Waals surface area contributed by atoms with Crippen LogP contribution in [0, 0.1) is 0 Å². The summed E-state index contributed by atoms with van der Waals surface area (Å²) in [6.07, 6.45) is 3.51. The van der Waals surface area contributed by atoms with E-state index in [0.29, 0.717) is 12.4 Å². The number of alkyl carbamates (subject to hydrolysis) is 1. The van der Waals surface area contributed by atoms with Gasteiger partial charge in [0, 0.05) is 17.3 Å². The quantitative estimate of drug-likeness (QED) is 0.587. The third kappa shape index (κ3) is 6.07. The molecule has 0 spiro atoms. The first-order valence-corrected chi connectivity index (χ1v) is 12.7. The SMILES string of the molecule is COC(=O)N[C@@H](CCS(C)(=O)=O)C(=O)N1CCC[C@H]1c1ncc(-c2ccc(Br)cc2)[nH]1. The van der Waals surface area contributed by atoms with Crippen molar-refractivity contribution in [3.63, 3.8) is 0 Å². The molecule has 0 unspecified atom stereocenters. The molecule has 9 nitrogen and oxygen atoms in total. The molecule has 0 bridgehead atoms. The highest BCUT2D eigenvalue weighted by Gasteiger charge is 2.36. The van der Waals surface area contributed by atoms with Gasteiger partial charge in [0.2, 0.25) is 5.91 Å². The van der Waals surface area contributed by atoms with E-state index in [-0.39, 0.29) is 24.1 Å². The van der Waals surface area contributed by atoms with Crippen LogP contribution in [-0.2, 0) is 19.4 Å². The van der Waals surface area contributed by atoms with Crippen LogP contribution in [0.25, 0.3) is 11.3 Å². The molecule has 0 radical (unpaired) electrons. The maximum atomic E-state index is 13.2. The summed E-state index contributed by atoms with van der Waals surface area (Å²) >= 11 is 3.41. The molecule has 168 valence electrons. The molecule has 2 N–H and O–H groups in total. The van der Waals surface area contributed by atoms with Gasteiger partial charge in [-0.2, -0.15) is 0 Å². The maximum absolute atomic E-state index is 13.2. The van der Waals surface area contributed by atoms with E-state index in [9.17, 15) is 18.0 Å². The van der Waals surface area contributed by atoms with Gasteiger partial charge in [-0.15, -0.1) is 0 Å². The number of imidazole rings is 1. The molecular weight excluding hydrogens is 488 g/mol. The molecule has 11 heteroatoms. The normalized spacial score (nSPS) is 17.4. The third-order valence-electron chi connectivity index (χ3n) is 5.16. The zero-order valence-electron chi connectivity index (χ0n) is 17.3. The highest BCUT2D eigenvalue weighted by atomic mass is 79.9. The van der Waals surface area contributed by atoms with Gasteiger partial charge in [-0.1, -0.05) is 28.1 Å². The Morgan fingerprint density at radius 1 is 1.35 bits per heavy atom. The zero-order valence-corrected chi connectivity index (χ0v) is 19.7. The van der Waals surface area contributed by atoms with Crippen molar-refractivity contribution in [2.45, 2.75) is 31.3 Å². The Morgan fingerprint density at radius 3 is 2.71 bits per heavy atom. The highest BCUT2D eigenvalue weighted by Crippen LogP contribution is 2.32. The Morgan fingerprint density at radius 2 is 2.06 bits per heavy atom. The fourth-order valence-corrected chi connectivity index (χ4v) is 4.52. The molecule has 1 aliphatic rings. The molecule has 1 aliphatic heterocycles. The molecule has 2 amide bonds. The van der Waals surface area contributed by atoms with Gasteiger partial charge in [0.15, 0.2) is 0 Å². The van der Waals surface area contributed by atoms with Crippen molar-refractivity contribution in [2.24, 2.45) is 0 Å². The van der Waals surface area contributed by atoms with E-state index < -0.39 is 22.0 Å². The number of methoxy groups -OCH3 is 1. The Kier molecular flexibility index (Phi) is 7.37. The average Bonchev–Trinajstić information content (AvgIpc) is 3.39. The first-order chi connectivity index (χ1) is 14.7. The highest BCUT2D eigenvalue weighted by molar-refractivity contribution is 9.10. The summed E-state index contributed by atoms with van der Waals surface area (Å²) in [5.74, 6) is 0.0854. The molecule has 1 aromatic heterocycles. The lowest BCUT2D eigenvalue weighted by Crippen LogP contribution is -2.49. The summed E-state index contributed by atoms with van der Waals surface area (Å²) in [5, 5.41) is 2.47. The molecule has 2 heterocycles. The fraction of sp³-hybridized carbons (Fsp3) is 0.450. The van der Waals surface area contributed by atoms with Crippen molar-refractivity contribution >= 4 is 37.8 Å². The van der Waals surface area contributed by atoms with Crippen molar-refractivity contribution in [3.8, 4) is 11.3 Å². The monoisotopic (exact) mass is 512 g/mol. The van der Waals surface area contributed by atoms with Gasteiger partial charge in [0.1, 0.15) is 21.7 Å². The number of hydrogen-bond acceptors (Lipinski definition) is 6. The minimum Gasteiger partial charge on any atom is -0.453 e. The lowest BCUT2D eigenvalue weighted by atomic mass is 10.1. The zero-order chi connectivity index (χ0) is 22.6. The number of amides is 2. The van der Waals surface area contributed by atoms with Crippen molar-refractivity contribution < 1.29 is 22.7 Å². The number of hydrogen-bond donors (Lipinski definition) is 2. The van der Waals surface area contributed by atoms with E-state index in [1.54, 1.807) is 11.1 Å². The first kappa shape index (κ1) is 23.3. The number of benzene rings is 1. The van der Waals surface area contributed by atoms with Gasteiger partial charge in [-0.3, -0.25) is 4.79 Å². The first-order valence-electron chi connectivity index (χ1n) is 9.81. The van der Waals surface area contributed by atoms with Gasteiger partial charge in [0.25, 0.3) is 0 Å². The molecule has 1 saturated heterocycles. The summed E-state index contributed by atoms with van der Waals surface area (Å²) in [5.41, 5.74) is 1.80. The van der Waals surface area contributed by atoms with Crippen molar-refractivity contribution in [2.75, 3.05) is 25.7 Å². The van der Waals surface area contributed by atoms with Crippen LogP contribution in [0.1, 0.15) is 31.1 Å². The van der Waals surface area contributed by atoms with E-state index in [1.807, 2.05) is 24.3 Å². The maximum Gasteiger partial charge on any atom is 0.407 e. The summed E-state index contributed by atoms with van der Waals surface area (Å²) in [6.45, 7) is 0.496. The second-order valence-electron chi connectivity index (χ2n) is 7.49. The number of likely N-dealkylation sites (tertiary alicyclic amines) is 1. The molecule has 3 rings (SSSR count). The predicted molar refractivity (Wildman–Crippen MR) is 119 cm³/mol. The van der Waals surface area contributed by atoms with E-state index >= 15 is 0 Å². The van der Waals surface area contributed by atoms with Gasteiger partial charge in [-0.05, 0) is 37.0 Å². The van der Waals surface area contributed by atoms with E-state index in [2.05, 4.69) is 36.0 Å². The predicted octanol–water partition coefficient (Wildman–Crippen LogP) is 2.66. The number of ether oxygens (including phenoxy) is 1. The Labute approximate surface area is 189 Å². The number of aromatic amines is 1. The number of halogens is 1. The number of rotatable bonds is 7. The molecule has 1 aromatic carbocycles. The molecule has 1 fully saturated rings. The van der Waals surface area contributed by atoms with Crippen molar-refractivity contribution in [1.29, 1.82) is 0 Å². The smallest absolute Gasteiger partial charge is 0.407 e. The number of carbonyl (C=O) groups is 2. The lowest BCUT2D eigenvalue weighted by molar-refractivity contribution is -0.134. The molecule has 0 aliphatic carbocycles. The van der Waals surface area contributed by atoms with Crippen LogP contribution in [0.3, 0.4) is 0 Å². The van der Waals surface area contributed by atoms with E-state index in [0.717, 1.165) is 34.8 Å². The Hall–Kier alpha value is -2.40. The number of carbonyl (C=O) groups excluding carboxylic acids is 2. The van der Waals surface area contributed by atoms with Crippen LogP contribution in [0.5, 0.6) is 0 Å². The van der Waals surface area contributed by atoms with Gasteiger partial charge >= 0.3 is 6.09 Å². The van der Waals surface area contributed by atoms with Crippen LogP contribution in [0.2, 0.25) is 0 Å². The van der Waals surface area contributed by atoms with Crippen LogP contribution in [-0.4, -0.2) is 67.0 Å². The number of nitrogens with one attached hydrogen (secondary N) is 2. The van der Waals surface area contributed by atoms with Gasteiger partial charge in [-0.25, -0.2) is 18.2 Å². The summed E-state index contributed by atoms with van der Waals surface area (Å²) < 4.78 is 28.8. The minimum absolute atomic E-state index is 0.0295. The lowest BCUT2D eigenvalue weighted by Gasteiger charge is -2.28. The third-order valence-corrected chi connectivity index (χ3v) is 6.66. The van der Waals surface area contributed by atoms with Crippen molar-refractivity contribution in [3.05, 3.63) is 40.8 Å². The second-order valence-corrected chi connectivity index (χ2v) is 10.7. The largest absolute Gasteiger partial charge is 0.453 e. The topological polar surface area (TPSA) is 121 Å². The summed E-state index contributed by atoms with van der Waals surface area (Å²) in [4.78, 5) is 34.4. The minimum atomic E-state index is -3.30. The van der Waals surface area contributed by atoms with E-state index in [1.165, 1.54) is 7.11 Å². The molecule has 2 aromatic rings. The fourth-order valence-electron chi connectivity index (χ4n) is 3.59. The second kappa shape index (κ2) is 9.82. The average molecular weight is 513 g/mol. The number of H-pyrrole nitrogens is 1. The molecule has 31 heavy (non-hydrogen) atoms. The number of aromatic nitrogens is 2. The molecule has 2 atom stereocenters. The Balaban J connectivity index is 1.79. The van der Waals surface area contributed by atoms with Crippen LogP contribution >= 0.6 is 15.9 Å². The molecule has 0 saturated carbocycles.